The highest BCUT2D eigenvalue weighted by Crippen LogP contribution is 2.16. The molecule has 3 rings (SSSR count). The fourth-order valence-electron chi connectivity index (χ4n) is 2.76. The summed E-state index contributed by atoms with van der Waals surface area (Å²) in [7, 11) is -3.56. The standard InChI is InChI=1S/C21H22ClN3O4S/c1-15-2-8-18(9-3-15)30(27,28)14-19-24-21(29-25-19)11-10-20(26)23-13-12-16-4-6-17(22)7-5-16/h2-9H,10-14H2,1H3,(H,23,26). The van der Waals surface area contributed by atoms with Gasteiger partial charge in [0.05, 0.1) is 4.90 Å². The summed E-state index contributed by atoms with van der Waals surface area (Å²) in [5, 5.41) is 7.23. The number of nitrogens with one attached hydrogen (secondary N) is 1. The molecule has 30 heavy (non-hydrogen) atoms. The van der Waals surface area contributed by atoms with E-state index in [1.165, 1.54) is 0 Å². The maximum absolute atomic E-state index is 12.4. The molecule has 1 heterocycles. The lowest BCUT2D eigenvalue weighted by molar-refractivity contribution is -0.121. The first-order valence-corrected chi connectivity index (χ1v) is 11.5. The Labute approximate surface area is 180 Å². The Balaban J connectivity index is 1.45. The van der Waals surface area contributed by atoms with E-state index in [0.717, 1.165) is 11.1 Å². The minimum atomic E-state index is -3.56. The highest BCUT2D eigenvalue weighted by molar-refractivity contribution is 7.90. The summed E-state index contributed by atoms with van der Waals surface area (Å²) in [5.41, 5.74) is 2.05. The van der Waals surface area contributed by atoms with E-state index in [2.05, 4.69) is 15.5 Å². The van der Waals surface area contributed by atoms with Gasteiger partial charge in [0.1, 0.15) is 5.75 Å². The molecule has 0 atom stereocenters. The van der Waals surface area contributed by atoms with Crippen molar-refractivity contribution in [2.75, 3.05) is 6.54 Å². The number of halogens is 1. The second-order valence-electron chi connectivity index (χ2n) is 6.90. The molecule has 1 amide bonds. The third kappa shape index (κ3) is 6.40. The van der Waals surface area contributed by atoms with E-state index in [1.54, 1.807) is 24.3 Å². The quantitative estimate of drug-likeness (QED) is 0.540. The van der Waals surface area contributed by atoms with Gasteiger partial charge in [-0.25, -0.2) is 8.42 Å². The lowest BCUT2D eigenvalue weighted by Crippen LogP contribution is -2.25. The minimum absolute atomic E-state index is 0.0775. The van der Waals surface area contributed by atoms with Gasteiger partial charge in [0, 0.05) is 24.4 Å². The number of hydrogen-bond acceptors (Lipinski definition) is 6. The van der Waals surface area contributed by atoms with Crippen LogP contribution in [0.4, 0.5) is 0 Å². The fraction of sp³-hybridized carbons (Fsp3) is 0.286. The Morgan fingerprint density at radius 3 is 2.47 bits per heavy atom. The van der Waals surface area contributed by atoms with Crippen LogP contribution in [0.25, 0.3) is 0 Å². The van der Waals surface area contributed by atoms with Gasteiger partial charge in [0.15, 0.2) is 15.7 Å². The summed E-state index contributed by atoms with van der Waals surface area (Å²) in [6.07, 6.45) is 1.11. The highest BCUT2D eigenvalue weighted by atomic mass is 35.5. The Morgan fingerprint density at radius 2 is 1.77 bits per heavy atom. The monoisotopic (exact) mass is 447 g/mol. The largest absolute Gasteiger partial charge is 0.356 e. The zero-order valence-electron chi connectivity index (χ0n) is 16.5. The van der Waals surface area contributed by atoms with Crippen LogP contribution in [-0.4, -0.2) is 31.0 Å². The number of carbonyl (C=O) groups excluding carboxylic acids is 1. The number of nitrogens with zero attached hydrogens (tertiary/aromatic N) is 2. The molecule has 3 aromatic rings. The fourth-order valence-corrected chi connectivity index (χ4v) is 4.06. The van der Waals surface area contributed by atoms with Gasteiger partial charge in [0.25, 0.3) is 0 Å². The van der Waals surface area contributed by atoms with E-state index >= 15 is 0 Å². The smallest absolute Gasteiger partial charge is 0.227 e. The molecule has 0 unspecified atom stereocenters. The van der Waals surface area contributed by atoms with Crippen molar-refractivity contribution in [1.82, 2.24) is 15.5 Å². The number of sulfone groups is 1. The van der Waals surface area contributed by atoms with Crippen molar-refractivity contribution in [2.24, 2.45) is 0 Å². The van der Waals surface area contributed by atoms with Gasteiger partial charge in [-0.15, -0.1) is 0 Å². The van der Waals surface area contributed by atoms with Crippen LogP contribution in [0, 0.1) is 6.92 Å². The topological polar surface area (TPSA) is 102 Å². The molecule has 0 fully saturated rings. The molecule has 0 saturated heterocycles. The maximum atomic E-state index is 12.4. The molecule has 0 radical (unpaired) electrons. The SMILES string of the molecule is Cc1ccc(S(=O)(=O)Cc2noc(CCC(=O)NCCc3ccc(Cl)cc3)n2)cc1. The average molecular weight is 448 g/mol. The van der Waals surface area contributed by atoms with E-state index in [0.29, 0.717) is 18.0 Å². The van der Waals surface area contributed by atoms with Crippen molar-refractivity contribution in [2.45, 2.75) is 36.8 Å². The Kier molecular flexibility index (Phi) is 7.23. The zero-order valence-corrected chi connectivity index (χ0v) is 18.0. The molecule has 0 saturated carbocycles. The average Bonchev–Trinajstić information content (AvgIpc) is 3.15. The van der Waals surface area contributed by atoms with Crippen molar-refractivity contribution < 1.29 is 17.7 Å². The highest BCUT2D eigenvalue weighted by Gasteiger charge is 2.19. The molecule has 1 N–H and O–H groups in total. The van der Waals surface area contributed by atoms with Gasteiger partial charge < -0.3 is 9.84 Å². The van der Waals surface area contributed by atoms with Crippen LogP contribution in [0.2, 0.25) is 5.02 Å². The van der Waals surface area contributed by atoms with E-state index < -0.39 is 9.84 Å². The molecule has 0 aliphatic carbocycles. The van der Waals surface area contributed by atoms with Gasteiger partial charge >= 0.3 is 0 Å². The lowest BCUT2D eigenvalue weighted by Gasteiger charge is -2.04. The first-order chi connectivity index (χ1) is 14.3. The van der Waals surface area contributed by atoms with Gasteiger partial charge in [-0.05, 0) is 43.2 Å². The van der Waals surface area contributed by atoms with Crippen LogP contribution in [-0.2, 0) is 33.2 Å². The first-order valence-electron chi connectivity index (χ1n) is 9.44. The van der Waals surface area contributed by atoms with E-state index in [1.807, 2.05) is 31.2 Å². The molecule has 7 nitrogen and oxygen atoms in total. The molecule has 2 aromatic carbocycles. The predicted molar refractivity (Wildman–Crippen MR) is 113 cm³/mol. The van der Waals surface area contributed by atoms with Crippen molar-refractivity contribution in [1.29, 1.82) is 0 Å². The lowest BCUT2D eigenvalue weighted by atomic mass is 10.1. The summed E-state index contributed by atoms with van der Waals surface area (Å²) in [6.45, 7) is 2.39. The van der Waals surface area contributed by atoms with Crippen LogP contribution < -0.4 is 5.32 Å². The van der Waals surface area contributed by atoms with E-state index in [4.69, 9.17) is 16.1 Å². The third-order valence-corrected chi connectivity index (χ3v) is 6.31. The summed E-state index contributed by atoms with van der Waals surface area (Å²) < 4.78 is 30.0. The minimum Gasteiger partial charge on any atom is -0.356 e. The summed E-state index contributed by atoms with van der Waals surface area (Å²) in [5.74, 6) is -0.186. The molecule has 0 aliphatic heterocycles. The summed E-state index contributed by atoms with van der Waals surface area (Å²) in [4.78, 5) is 16.3. The molecule has 9 heteroatoms. The maximum Gasteiger partial charge on any atom is 0.227 e. The summed E-state index contributed by atoms with van der Waals surface area (Å²) in [6, 6.07) is 14.0. The Bertz CT molecular complexity index is 1090. The molecule has 0 bridgehead atoms. The number of benzene rings is 2. The number of amides is 1. The van der Waals surface area contributed by atoms with Gasteiger partial charge in [0.2, 0.25) is 11.8 Å². The predicted octanol–water partition coefficient (Wildman–Crippen LogP) is 3.30. The summed E-state index contributed by atoms with van der Waals surface area (Å²) >= 11 is 5.85. The molecular weight excluding hydrogens is 426 g/mol. The molecular formula is C21H22ClN3O4S. The van der Waals surface area contributed by atoms with Gasteiger partial charge in [-0.1, -0.05) is 46.6 Å². The number of hydrogen-bond donors (Lipinski definition) is 1. The number of aromatic nitrogens is 2. The van der Waals surface area contributed by atoms with Crippen LogP contribution >= 0.6 is 11.6 Å². The van der Waals surface area contributed by atoms with Crippen LogP contribution in [0.1, 0.15) is 29.3 Å². The van der Waals surface area contributed by atoms with Crippen molar-refractivity contribution >= 4 is 27.3 Å². The van der Waals surface area contributed by atoms with Crippen molar-refractivity contribution in [3.05, 3.63) is 76.4 Å². The van der Waals surface area contributed by atoms with E-state index in [-0.39, 0.29) is 41.1 Å². The Morgan fingerprint density at radius 1 is 1.07 bits per heavy atom. The number of rotatable bonds is 9. The van der Waals surface area contributed by atoms with Crippen LogP contribution in [0.15, 0.2) is 57.9 Å². The van der Waals surface area contributed by atoms with Gasteiger partial charge in [-0.3, -0.25) is 4.79 Å². The first kappa shape index (κ1) is 22.0. The molecule has 158 valence electrons. The second kappa shape index (κ2) is 9.86. The molecule has 1 aromatic heterocycles. The van der Waals surface area contributed by atoms with Crippen LogP contribution in [0.3, 0.4) is 0 Å². The number of carbonyl (C=O) groups is 1. The normalized spacial score (nSPS) is 11.4. The van der Waals surface area contributed by atoms with E-state index in [9.17, 15) is 13.2 Å². The zero-order chi connectivity index (χ0) is 21.6. The van der Waals surface area contributed by atoms with Crippen molar-refractivity contribution in [3.63, 3.8) is 0 Å². The second-order valence-corrected chi connectivity index (χ2v) is 9.33. The van der Waals surface area contributed by atoms with Crippen LogP contribution in [0.5, 0.6) is 0 Å². The third-order valence-electron chi connectivity index (χ3n) is 4.42. The Hall–Kier alpha value is -2.71. The number of aryl methyl sites for hydroxylation is 2. The molecule has 0 spiro atoms. The van der Waals surface area contributed by atoms with Gasteiger partial charge in [-0.2, -0.15) is 4.98 Å². The van der Waals surface area contributed by atoms with Crippen molar-refractivity contribution in [3.8, 4) is 0 Å². The molecule has 0 aliphatic rings.